The van der Waals surface area contributed by atoms with Crippen molar-refractivity contribution in [1.29, 1.82) is 0 Å². The van der Waals surface area contributed by atoms with Crippen molar-refractivity contribution in [2.24, 2.45) is 0 Å². The normalized spacial score (nSPS) is 19.4. The molecule has 20 heavy (non-hydrogen) atoms. The Hall–Kier alpha value is -1.25. The van der Waals surface area contributed by atoms with Gasteiger partial charge in [-0.2, -0.15) is 11.8 Å². The van der Waals surface area contributed by atoms with Gasteiger partial charge < -0.3 is 5.32 Å². The van der Waals surface area contributed by atoms with E-state index in [1.807, 2.05) is 11.8 Å². The van der Waals surface area contributed by atoms with Gasteiger partial charge in [0.2, 0.25) is 0 Å². The lowest BCUT2D eigenvalue weighted by Gasteiger charge is -2.29. The van der Waals surface area contributed by atoms with E-state index in [2.05, 4.69) is 67.7 Å². The summed E-state index contributed by atoms with van der Waals surface area (Å²) in [6, 6.07) is 18.3. The van der Waals surface area contributed by atoms with Gasteiger partial charge in [-0.05, 0) is 36.1 Å². The summed E-state index contributed by atoms with van der Waals surface area (Å²) in [7, 11) is 0. The Morgan fingerprint density at radius 1 is 1.10 bits per heavy atom. The zero-order chi connectivity index (χ0) is 13.9. The summed E-state index contributed by atoms with van der Waals surface area (Å²) in [5.74, 6) is 2.31. The van der Waals surface area contributed by atoms with Crippen LogP contribution in [0.1, 0.15) is 41.3 Å². The number of hydrogen-bond donors (Lipinski definition) is 1. The van der Waals surface area contributed by atoms with Crippen LogP contribution in [0, 0.1) is 6.92 Å². The smallest absolute Gasteiger partial charge is 0.0419 e. The van der Waals surface area contributed by atoms with Gasteiger partial charge in [0, 0.05) is 23.6 Å². The van der Waals surface area contributed by atoms with Crippen LogP contribution in [0.15, 0.2) is 48.5 Å². The maximum atomic E-state index is 3.81. The van der Waals surface area contributed by atoms with Crippen molar-refractivity contribution < 1.29 is 0 Å². The minimum atomic E-state index is 0.382. The van der Waals surface area contributed by atoms with Crippen LogP contribution >= 0.6 is 11.8 Å². The molecule has 104 valence electrons. The Morgan fingerprint density at radius 3 is 2.70 bits per heavy atom. The van der Waals surface area contributed by atoms with E-state index in [-0.39, 0.29) is 0 Å². The summed E-state index contributed by atoms with van der Waals surface area (Å²) in [5.41, 5.74) is 5.73. The van der Waals surface area contributed by atoms with Crippen LogP contribution in [0.3, 0.4) is 0 Å². The molecule has 0 spiro atoms. The first kappa shape index (κ1) is 13.7. The molecule has 0 bridgehead atoms. The zero-order valence-corrected chi connectivity index (χ0v) is 12.9. The van der Waals surface area contributed by atoms with Gasteiger partial charge in [-0.25, -0.2) is 0 Å². The molecule has 2 aromatic rings. The van der Waals surface area contributed by atoms with Crippen LogP contribution in [-0.2, 0) is 5.75 Å². The molecule has 1 heterocycles. The lowest BCUT2D eigenvalue weighted by molar-refractivity contribution is 0.494. The molecule has 0 radical (unpaired) electrons. The second kappa shape index (κ2) is 6.02. The second-order valence-electron chi connectivity index (χ2n) is 5.51. The van der Waals surface area contributed by atoms with Gasteiger partial charge in [0.15, 0.2) is 0 Å². The third-order valence-electron chi connectivity index (χ3n) is 4.08. The summed E-state index contributed by atoms with van der Waals surface area (Å²) < 4.78 is 0. The zero-order valence-electron chi connectivity index (χ0n) is 12.1. The fourth-order valence-electron chi connectivity index (χ4n) is 2.98. The topological polar surface area (TPSA) is 12.0 Å². The van der Waals surface area contributed by atoms with Crippen molar-refractivity contribution in [3.05, 3.63) is 70.8 Å². The molecule has 1 aliphatic heterocycles. The number of nitrogens with one attached hydrogen (secondary N) is 1. The molecule has 2 atom stereocenters. The van der Waals surface area contributed by atoms with Gasteiger partial charge in [-0.15, -0.1) is 0 Å². The minimum Gasteiger partial charge on any atom is -0.303 e. The molecule has 0 aliphatic carbocycles. The molecular weight excluding hydrogens is 262 g/mol. The standard InChI is InChI=1S/C18H21NS/c1-13-7-3-5-9-16(13)14(2)19-18-12-20-11-15-8-4-6-10-17(15)18/h3-10,14,18-19H,11-12H2,1-2H3. The molecule has 0 amide bonds. The highest BCUT2D eigenvalue weighted by Crippen LogP contribution is 2.33. The van der Waals surface area contributed by atoms with Crippen LogP contribution in [0.25, 0.3) is 0 Å². The molecule has 0 saturated heterocycles. The molecule has 2 aromatic carbocycles. The summed E-state index contributed by atoms with van der Waals surface area (Å²) >= 11 is 2.02. The number of aryl methyl sites for hydroxylation is 1. The lowest BCUT2D eigenvalue weighted by Crippen LogP contribution is -2.29. The second-order valence-corrected chi connectivity index (χ2v) is 6.54. The number of benzene rings is 2. The average molecular weight is 283 g/mol. The van der Waals surface area contributed by atoms with Crippen LogP contribution in [-0.4, -0.2) is 5.75 Å². The summed E-state index contributed by atoms with van der Waals surface area (Å²) in [5, 5.41) is 3.81. The van der Waals surface area contributed by atoms with E-state index in [9.17, 15) is 0 Å². The lowest BCUT2D eigenvalue weighted by atomic mass is 9.98. The van der Waals surface area contributed by atoms with Crippen molar-refractivity contribution in [3.63, 3.8) is 0 Å². The van der Waals surface area contributed by atoms with Crippen LogP contribution in [0.2, 0.25) is 0 Å². The van der Waals surface area contributed by atoms with Crippen LogP contribution < -0.4 is 5.32 Å². The predicted molar refractivity (Wildman–Crippen MR) is 88.1 cm³/mol. The Kier molecular flexibility index (Phi) is 4.13. The molecule has 3 rings (SSSR count). The maximum absolute atomic E-state index is 3.81. The monoisotopic (exact) mass is 283 g/mol. The molecule has 1 aliphatic rings. The number of rotatable bonds is 3. The van der Waals surface area contributed by atoms with Gasteiger partial charge in [0.05, 0.1) is 0 Å². The Bertz CT molecular complexity index is 593. The van der Waals surface area contributed by atoms with Crippen molar-refractivity contribution in [2.45, 2.75) is 31.7 Å². The van der Waals surface area contributed by atoms with Gasteiger partial charge >= 0.3 is 0 Å². The van der Waals surface area contributed by atoms with Crippen molar-refractivity contribution in [1.82, 2.24) is 5.32 Å². The molecule has 0 saturated carbocycles. The number of thioether (sulfide) groups is 1. The first-order valence-electron chi connectivity index (χ1n) is 7.23. The van der Waals surface area contributed by atoms with Gasteiger partial charge in [0.25, 0.3) is 0 Å². The average Bonchev–Trinajstić information content (AvgIpc) is 2.48. The SMILES string of the molecule is Cc1ccccc1C(C)NC1CSCc2ccccc21. The largest absolute Gasteiger partial charge is 0.303 e. The number of hydrogen-bond acceptors (Lipinski definition) is 2. The molecule has 2 unspecified atom stereocenters. The predicted octanol–water partition coefficient (Wildman–Crippen LogP) is 4.63. The van der Waals surface area contributed by atoms with Crippen molar-refractivity contribution in [2.75, 3.05) is 5.75 Å². The van der Waals surface area contributed by atoms with E-state index in [1.165, 1.54) is 22.3 Å². The van der Waals surface area contributed by atoms with E-state index in [4.69, 9.17) is 0 Å². The number of fused-ring (bicyclic) bond motifs is 1. The third kappa shape index (κ3) is 2.77. The van der Waals surface area contributed by atoms with Crippen LogP contribution in [0.5, 0.6) is 0 Å². The molecule has 1 N–H and O–H groups in total. The Balaban J connectivity index is 1.81. The molecule has 1 nitrogen and oxygen atoms in total. The van der Waals surface area contributed by atoms with Gasteiger partial charge in [-0.3, -0.25) is 0 Å². The van der Waals surface area contributed by atoms with E-state index < -0.39 is 0 Å². The van der Waals surface area contributed by atoms with Gasteiger partial charge in [0.1, 0.15) is 0 Å². The van der Waals surface area contributed by atoms with E-state index in [0.717, 1.165) is 11.5 Å². The first-order chi connectivity index (χ1) is 9.75. The summed E-state index contributed by atoms with van der Waals surface area (Å²) in [6.07, 6.45) is 0. The molecule has 0 fully saturated rings. The van der Waals surface area contributed by atoms with Crippen molar-refractivity contribution >= 4 is 11.8 Å². The Morgan fingerprint density at radius 2 is 1.85 bits per heavy atom. The molecule has 2 heteroatoms. The first-order valence-corrected chi connectivity index (χ1v) is 8.38. The third-order valence-corrected chi connectivity index (χ3v) is 5.16. The fourth-order valence-corrected chi connectivity index (χ4v) is 4.10. The van der Waals surface area contributed by atoms with Gasteiger partial charge in [-0.1, -0.05) is 48.5 Å². The highest BCUT2D eigenvalue weighted by Gasteiger charge is 2.22. The Labute approximate surface area is 125 Å². The maximum Gasteiger partial charge on any atom is 0.0419 e. The van der Waals surface area contributed by atoms with Crippen molar-refractivity contribution in [3.8, 4) is 0 Å². The van der Waals surface area contributed by atoms with E-state index >= 15 is 0 Å². The van der Waals surface area contributed by atoms with E-state index in [1.54, 1.807) is 0 Å². The quantitative estimate of drug-likeness (QED) is 0.881. The molecular formula is C18H21NS. The van der Waals surface area contributed by atoms with E-state index in [0.29, 0.717) is 12.1 Å². The summed E-state index contributed by atoms with van der Waals surface area (Å²) in [6.45, 7) is 4.46. The van der Waals surface area contributed by atoms with Crippen LogP contribution in [0.4, 0.5) is 0 Å². The highest BCUT2D eigenvalue weighted by molar-refractivity contribution is 7.98. The summed E-state index contributed by atoms with van der Waals surface area (Å²) in [4.78, 5) is 0. The highest BCUT2D eigenvalue weighted by atomic mass is 32.2. The molecule has 0 aromatic heterocycles. The fraction of sp³-hybridized carbons (Fsp3) is 0.333. The minimum absolute atomic E-state index is 0.382.